The Bertz CT molecular complexity index is 1120. The summed E-state index contributed by atoms with van der Waals surface area (Å²) in [5.41, 5.74) is 11.3. The number of nitrogens with two attached hydrogens (primary N) is 1. The van der Waals surface area contributed by atoms with Crippen molar-refractivity contribution in [3.63, 3.8) is 0 Å². The number of nitrogen functional groups attached to an aromatic ring is 1. The Labute approximate surface area is 197 Å². The maximum absolute atomic E-state index is 11.6. The molecule has 0 spiro atoms. The highest BCUT2D eigenvalue weighted by Crippen LogP contribution is 2.34. The normalized spacial score (nSPS) is 12.2. The quantitative estimate of drug-likeness (QED) is 0.304. The maximum Gasteiger partial charge on any atom is 0.304 e. The number of rotatable bonds is 9. The molecule has 0 bridgehead atoms. The number of carbonyl (C=O) groups is 1. The van der Waals surface area contributed by atoms with Gasteiger partial charge in [0, 0.05) is 37.3 Å². The number of aliphatic carboxylic acids is 1. The van der Waals surface area contributed by atoms with E-state index in [1.54, 1.807) is 19.0 Å². The fourth-order valence-corrected chi connectivity index (χ4v) is 4.64. The highest BCUT2D eigenvalue weighted by molar-refractivity contribution is 7.97. The van der Waals surface area contributed by atoms with E-state index in [9.17, 15) is 9.90 Å². The van der Waals surface area contributed by atoms with Crippen LogP contribution in [0, 0.1) is 6.92 Å². The van der Waals surface area contributed by atoms with Crippen molar-refractivity contribution in [3.05, 3.63) is 70.0 Å². The van der Waals surface area contributed by atoms with Gasteiger partial charge in [0.25, 0.3) is 0 Å². The molecule has 7 nitrogen and oxygen atoms in total. The Kier molecular flexibility index (Phi) is 7.71. The number of carboxylic acids is 1. The lowest BCUT2D eigenvalue weighted by Crippen LogP contribution is -2.12. The topological polar surface area (TPSA) is 96.4 Å². The molecule has 0 aliphatic carbocycles. The molecule has 1 heterocycles. The van der Waals surface area contributed by atoms with Crippen LogP contribution in [0.5, 0.6) is 0 Å². The number of halogens is 1. The van der Waals surface area contributed by atoms with Crippen molar-refractivity contribution in [2.75, 3.05) is 25.1 Å². The molecule has 1 aromatic heterocycles. The maximum atomic E-state index is 11.6. The highest BCUT2D eigenvalue weighted by atomic mass is 35.5. The van der Waals surface area contributed by atoms with E-state index in [4.69, 9.17) is 17.3 Å². The van der Waals surface area contributed by atoms with Crippen molar-refractivity contribution in [2.24, 2.45) is 7.05 Å². The lowest BCUT2D eigenvalue weighted by atomic mass is 9.87. The van der Waals surface area contributed by atoms with Crippen LogP contribution in [0.15, 0.2) is 47.5 Å². The summed E-state index contributed by atoms with van der Waals surface area (Å²) < 4.78 is 3.92. The van der Waals surface area contributed by atoms with Crippen molar-refractivity contribution in [1.29, 1.82) is 0 Å². The molecular weight excluding hydrogens is 446 g/mol. The van der Waals surface area contributed by atoms with Gasteiger partial charge in [0.1, 0.15) is 0 Å². The fraction of sp³-hybridized carbons (Fsp3) is 0.304. The summed E-state index contributed by atoms with van der Waals surface area (Å²) in [5.74, 6) is -1.21. The second-order valence-corrected chi connectivity index (χ2v) is 9.35. The minimum absolute atomic E-state index is 0.0428. The number of nitrogens with zero attached hydrogens (tertiary/aromatic N) is 3. The Hall–Kier alpha value is -2.68. The SMILES string of the molecule is CNc1ccc(C(CC(=O)O)c2ccc(Cl)c(CN(C)Sc3cnn(C)c3C)c2)cc1N. The van der Waals surface area contributed by atoms with Gasteiger partial charge in [-0.15, -0.1) is 0 Å². The average molecular weight is 474 g/mol. The molecule has 1 unspecified atom stereocenters. The van der Waals surface area contributed by atoms with Crippen LogP contribution in [0.3, 0.4) is 0 Å². The highest BCUT2D eigenvalue weighted by Gasteiger charge is 2.20. The van der Waals surface area contributed by atoms with Crippen molar-refractivity contribution >= 4 is 40.9 Å². The third-order valence-corrected chi connectivity index (χ3v) is 6.84. The minimum Gasteiger partial charge on any atom is -0.481 e. The van der Waals surface area contributed by atoms with E-state index in [0.717, 1.165) is 33.0 Å². The Balaban J connectivity index is 1.88. The molecule has 3 aromatic rings. The first-order valence-corrected chi connectivity index (χ1v) is 11.3. The zero-order chi connectivity index (χ0) is 23.4. The average Bonchev–Trinajstić information content (AvgIpc) is 3.05. The molecule has 0 fully saturated rings. The van der Waals surface area contributed by atoms with E-state index >= 15 is 0 Å². The molecule has 9 heteroatoms. The molecule has 0 saturated carbocycles. The van der Waals surface area contributed by atoms with Crippen LogP contribution < -0.4 is 11.1 Å². The first-order valence-electron chi connectivity index (χ1n) is 10.1. The monoisotopic (exact) mass is 473 g/mol. The van der Waals surface area contributed by atoms with Gasteiger partial charge in [-0.3, -0.25) is 9.48 Å². The van der Waals surface area contributed by atoms with Crippen molar-refractivity contribution < 1.29 is 9.90 Å². The summed E-state index contributed by atoms with van der Waals surface area (Å²) in [6.07, 6.45) is 1.80. The second-order valence-electron chi connectivity index (χ2n) is 7.69. The Morgan fingerprint density at radius 1 is 1.31 bits per heavy atom. The number of aromatic nitrogens is 2. The molecular formula is C23H28ClN5O2S. The van der Waals surface area contributed by atoms with E-state index in [2.05, 4.69) is 14.7 Å². The first-order chi connectivity index (χ1) is 15.2. The van der Waals surface area contributed by atoms with Gasteiger partial charge in [-0.2, -0.15) is 5.10 Å². The van der Waals surface area contributed by atoms with Crippen molar-refractivity contribution in [1.82, 2.24) is 14.1 Å². The molecule has 32 heavy (non-hydrogen) atoms. The van der Waals surface area contributed by atoms with E-state index in [1.807, 2.05) is 68.3 Å². The summed E-state index contributed by atoms with van der Waals surface area (Å²) in [6, 6.07) is 11.3. The fourth-order valence-electron chi connectivity index (χ4n) is 3.57. The van der Waals surface area contributed by atoms with Crippen LogP contribution in [0.2, 0.25) is 5.02 Å². The van der Waals surface area contributed by atoms with Gasteiger partial charge in [0.05, 0.1) is 28.9 Å². The Morgan fingerprint density at radius 2 is 2.00 bits per heavy atom. The molecule has 0 aliphatic rings. The van der Waals surface area contributed by atoms with E-state index < -0.39 is 5.97 Å². The molecule has 3 rings (SSSR count). The van der Waals surface area contributed by atoms with Gasteiger partial charge < -0.3 is 16.2 Å². The zero-order valence-electron chi connectivity index (χ0n) is 18.6. The molecule has 0 amide bonds. The largest absolute Gasteiger partial charge is 0.481 e. The standard InChI is InChI=1S/C23H28ClN5O2S/c1-14-22(12-27-29(14)4)32-28(3)13-17-9-15(5-7-19(17)24)18(11-23(30)31)16-6-8-21(26-2)20(25)10-16/h5-10,12,18,26H,11,13,25H2,1-4H3,(H,30,31). The molecule has 170 valence electrons. The molecule has 4 N–H and O–H groups in total. The van der Waals surface area contributed by atoms with Crippen molar-refractivity contribution in [2.45, 2.75) is 30.7 Å². The summed E-state index contributed by atoms with van der Waals surface area (Å²) in [4.78, 5) is 12.7. The smallest absolute Gasteiger partial charge is 0.304 e. The van der Waals surface area contributed by atoms with Gasteiger partial charge in [0.2, 0.25) is 0 Å². The predicted molar refractivity (Wildman–Crippen MR) is 131 cm³/mol. The van der Waals surface area contributed by atoms with E-state index in [0.29, 0.717) is 17.3 Å². The van der Waals surface area contributed by atoms with Gasteiger partial charge in [-0.05, 0) is 60.8 Å². The third-order valence-electron chi connectivity index (χ3n) is 5.44. The van der Waals surface area contributed by atoms with Crippen LogP contribution in [-0.2, 0) is 18.4 Å². The zero-order valence-corrected chi connectivity index (χ0v) is 20.2. The van der Waals surface area contributed by atoms with Gasteiger partial charge >= 0.3 is 5.97 Å². The molecule has 2 aromatic carbocycles. The number of anilines is 2. The first kappa shape index (κ1) is 24.0. The molecule has 0 radical (unpaired) electrons. The molecule has 0 aliphatic heterocycles. The summed E-state index contributed by atoms with van der Waals surface area (Å²) in [6.45, 7) is 2.62. The number of nitrogens with one attached hydrogen (secondary N) is 1. The lowest BCUT2D eigenvalue weighted by Gasteiger charge is -2.21. The minimum atomic E-state index is -0.873. The van der Waals surface area contributed by atoms with Crippen LogP contribution in [0.1, 0.15) is 34.7 Å². The lowest BCUT2D eigenvalue weighted by molar-refractivity contribution is -0.137. The third kappa shape index (κ3) is 5.56. The van der Waals surface area contributed by atoms with Crippen LogP contribution >= 0.6 is 23.5 Å². The van der Waals surface area contributed by atoms with E-state index in [-0.39, 0.29) is 12.3 Å². The van der Waals surface area contributed by atoms with Gasteiger partial charge in [-0.1, -0.05) is 29.8 Å². The van der Waals surface area contributed by atoms with Crippen LogP contribution in [-0.4, -0.2) is 39.3 Å². The number of hydrogen-bond acceptors (Lipinski definition) is 6. The molecule has 1 atom stereocenters. The van der Waals surface area contributed by atoms with Gasteiger partial charge in [-0.25, -0.2) is 4.31 Å². The summed E-state index contributed by atoms with van der Waals surface area (Å²) in [7, 11) is 5.71. The summed E-state index contributed by atoms with van der Waals surface area (Å²) >= 11 is 8.10. The summed E-state index contributed by atoms with van der Waals surface area (Å²) in [5, 5.41) is 17.5. The number of benzene rings is 2. The molecule has 0 saturated heterocycles. The number of hydrogen-bond donors (Lipinski definition) is 3. The van der Waals surface area contributed by atoms with Crippen molar-refractivity contribution in [3.8, 4) is 0 Å². The van der Waals surface area contributed by atoms with Crippen LogP contribution in [0.25, 0.3) is 0 Å². The van der Waals surface area contributed by atoms with E-state index in [1.165, 1.54) is 0 Å². The number of aryl methyl sites for hydroxylation is 1. The predicted octanol–water partition coefficient (Wildman–Crippen LogP) is 4.75. The second kappa shape index (κ2) is 10.3. The van der Waals surface area contributed by atoms with Crippen LogP contribution in [0.4, 0.5) is 11.4 Å². The van der Waals surface area contributed by atoms with Gasteiger partial charge in [0.15, 0.2) is 0 Å². The Morgan fingerprint density at radius 3 is 2.59 bits per heavy atom. The number of carboxylic acid groups (broad SMARTS) is 1.